The molecule has 0 heterocycles. The maximum Gasteiger partial charge on any atom is 0.0836 e. The van der Waals surface area contributed by atoms with E-state index in [1.54, 1.807) is 0 Å². The predicted octanol–water partition coefficient (Wildman–Crippen LogP) is 2.50. The zero-order valence-electron chi connectivity index (χ0n) is 10.2. The predicted molar refractivity (Wildman–Crippen MR) is 73.7 cm³/mol. The Hall–Kier alpha value is -0.770. The van der Waals surface area contributed by atoms with Gasteiger partial charge in [-0.15, -0.1) is 0 Å². The van der Waals surface area contributed by atoms with Crippen molar-refractivity contribution in [2.75, 3.05) is 25.0 Å². The summed E-state index contributed by atoms with van der Waals surface area (Å²) < 4.78 is 0. The monoisotopic (exact) mass is 256 g/mol. The van der Waals surface area contributed by atoms with E-state index >= 15 is 0 Å². The second-order valence-corrected chi connectivity index (χ2v) is 4.54. The van der Waals surface area contributed by atoms with Crippen molar-refractivity contribution >= 4 is 17.3 Å². The fourth-order valence-corrected chi connectivity index (χ4v) is 1.57. The van der Waals surface area contributed by atoms with Crippen LogP contribution in [0.25, 0.3) is 0 Å². The Balaban J connectivity index is 2.14. The van der Waals surface area contributed by atoms with E-state index in [0.717, 1.165) is 23.7 Å². The van der Waals surface area contributed by atoms with Gasteiger partial charge < -0.3 is 15.7 Å². The number of rotatable bonds is 8. The Bertz CT molecular complexity index is 303. The van der Waals surface area contributed by atoms with Gasteiger partial charge >= 0.3 is 0 Å². The zero-order valence-corrected chi connectivity index (χ0v) is 11.0. The molecule has 4 heteroatoms. The number of hydrogen-bond donors (Lipinski definition) is 3. The summed E-state index contributed by atoms with van der Waals surface area (Å²) in [6.07, 6.45) is 1.95. The molecule has 0 aliphatic carbocycles. The minimum absolute atomic E-state index is 0.373. The standard InChI is InChI=1S/C13H21ClN2O/c1-2-3-8-15-9-13(17)10-16-12-6-4-11(14)5-7-12/h4-7,13,15-17H,2-3,8-10H2,1H3. The van der Waals surface area contributed by atoms with Crippen molar-refractivity contribution in [1.82, 2.24) is 5.32 Å². The van der Waals surface area contributed by atoms with Gasteiger partial charge in [-0.05, 0) is 37.2 Å². The van der Waals surface area contributed by atoms with Crippen LogP contribution in [0.4, 0.5) is 5.69 Å². The molecule has 17 heavy (non-hydrogen) atoms. The summed E-state index contributed by atoms with van der Waals surface area (Å²) in [5, 5.41) is 16.8. The van der Waals surface area contributed by atoms with Gasteiger partial charge in [-0.3, -0.25) is 0 Å². The molecule has 1 unspecified atom stereocenters. The van der Waals surface area contributed by atoms with Crippen molar-refractivity contribution in [3.05, 3.63) is 29.3 Å². The third-order valence-electron chi connectivity index (χ3n) is 2.47. The average Bonchev–Trinajstić information content (AvgIpc) is 2.34. The minimum Gasteiger partial charge on any atom is -0.390 e. The number of anilines is 1. The van der Waals surface area contributed by atoms with Gasteiger partial charge in [0.2, 0.25) is 0 Å². The summed E-state index contributed by atoms with van der Waals surface area (Å²) in [7, 11) is 0. The van der Waals surface area contributed by atoms with Gasteiger partial charge in [-0.2, -0.15) is 0 Å². The molecule has 0 amide bonds. The molecule has 1 atom stereocenters. The SMILES string of the molecule is CCCCNCC(O)CNc1ccc(Cl)cc1. The molecule has 3 nitrogen and oxygen atoms in total. The molecule has 3 N–H and O–H groups in total. The Labute approximate surface area is 108 Å². The molecular formula is C13H21ClN2O. The van der Waals surface area contributed by atoms with Crippen molar-refractivity contribution in [2.24, 2.45) is 0 Å². The molecule has 0 saturated heterocycles. The van der Waals surface area contributed by atoms with Gasteiger partial charge in [0.15, 0.2) is 0 Å². The van der Waals surface area contributed by atoms with Crippen LogP contribution < -0.4 is 10.6 Å². The number of halogens is 1. The van der Waals surface area contributed by atoms with Crippen molar-refractivity contribution in [2.45, 2.75) is 25.9 Å². The van der Waals surface area contributed by atoms with Crippen LogP contribution in [-0.2, 0) is 0 Å². The maximum atomic E-state index is 9.71. The maximum absolute atomic E-state index is 9.71. The zero-order chi connectivity index (χ0) is 12.5. The smallest absolute Gasteiger partial charge is 0.0836 e. The van der Waals surface area contributed by atoms with Crippen LogP contribution in [0, 0.1) is 0 Å². The fraction of sp³-hybridized carbons (Fsp3) is 0.538. The van der Waals surface area contributed by atoms with E-state index in [1.165, 1.54) is 6.42 Å². The molecule has 1 rings (SSSR count). The normalized spacial score (nSPS) is 12.4. The largest absolute Gasteiger partial charge is 0.390 e. The van der Waals surface area contributed by atoms with Crippen LogP contribution >= 0.6 is 11.6 Å². The van der Waals surface area contributed by atoms with Crippen molar-refractivity contribution in [3.8, 4) is 0 Å². The quantitative estimate of drug-likeness (QED) is 0.627. The summed E-state index contributed by atoms with van der Waals surface area (Å²) in [5.41, 5.74) is 0.974. The van der Waals surface area contributed by atoms with E-state index in [-0.39, 0.29) is 6.10 Å². The number of aliphatic hydroxyl groups is 1. The number of nitrogens with one attached hydrogen (secondary N) is 2. The van der Waals surface area contributed by atoms with E-state index in [2.05, 4.69) is 17.6 Å². The molecule has 0 spiro atoms. The first-order valence-electron chi connectivity index (χ1n) is 6.10. The third-order valence-corrected chi connectivity index (χ3v) is 2.73. The van der Waals surface area contributed by atoms with E-state index in [4.69, 9.17) is 11.6 Å². The number of aliphatic hydroxyl groups excluding tert-OH is 1. The summed E-state index contributed by atoms with van der Waals surface area (Å²) >= 11 is 5.79. The molecule has 0 fully saturated rings. The first-order valence-corrected chi connectivity index (χ1v) is 6.48. The highest BCUT2D eigenvalue weighted by molar-refractivity contribution is 6.30. The summed E-state index contributed by atoms with van der Waals surface area (Å²) in [6, 6.07) is 7.46. The highest BCUT2D eigenvalue weighted by Gasteiger charge is 2.02. The van der Waals surface area contributed by atoms with Gasteiger partial charge in [0.05, 0.1) is 6.10 Å². The second-order valence-electron chi connectivity index (χ2n) is 4.10. The van der Waals surface area contributed by atoms with Crippen molar-refractivity contribution < 1.29 is 5.11 Å². The van der Waals surface area contributed by atoms with Crippen molar-refractivity contribution in [1.29, 1.82) is 0 Å². The minimum atomic E-state index is -0.373. The highest BCUT2D eigenvalue weighted by atomic mass is 35.5. The Kier molecular flexibility index (Phi) is 7.01. The lowest BCUT2D eigenvalue weighted by Crippen LogP contribution is -2.32. The van der Waals surface area contributed by atoms with E-state index in [1.807, 2.05) is 24.3 Å². The van der Waals surface area contributed by atoms with Gasteiger partial charge in [-0.1, -0.05) is 24.9 Å². The molecule has 0 aliphatic rings. The molecule has 1 aromatic carbocycles. The summed E-state index contributed by atoms with van der Waals surface area (Å²) in [6.45, 7) is 4.29. The van der Waals surface area contributed by atoms with Crippen LogP contribution in [0.5, 0.6) is 0 Å². The van der Waals surface area contributed by atoms with Crippen LogP contribution in [-0.4, -0.2) is 30.8 Å². The Morgan fingerprint density at radius 2 is 1.94 bits per heavy atom. The van der Waals surface area contributed by atoms with Crippen molar-refractivity contribution in [3.63, 3.8) is 0 Å². The van der Waals surface area contributed by atoms with Gasteiger partial charge in [0, 0.05) is 23.8 Å². The van der Waals surface area contributed by atoms with Crippen LogP contribution in [0.3, 0.4) is 0 Å². The number of unbranched alkanes of at least 4 members (excludes halogenated alkanes) is 1. The first-order chi connectivity index (χ1) is 8.22. The van der Waals surface area contributed by atoms with Gasteiger partial charge in [-0.25, -0.2) is 0 Å². The molecule has 0 bridgehead atoms. The third kappa shape index (κ3) is 6.51. The average molecular weight is 257 g/mol. The topological polar surface area (TPSA) is 44.3 Å². The van der Waals surface area contributed by atoms with Gasteiger partial charge in [0.1, 0.15) is 0 Å². The number of hydrogen-bond acceptors (Lipinski definition) is 3. The number of benzene rings is 1. The lowest BCUT2D eigenvalue weighted by molar-refractivity contribution is 0.184. The molecule has 1 aromatic rings. The molecule has 0 saturated carbocycles. The molecule has 0 aliphatic heterocycles. The molecular weight excluding hydrogens is 236 g/mol. The first kappa shape index (κ1) is 14.3. The Morgan fingerprint density at radius 1 is 1.24 bits per heavy atom. The van der Waals surface area contributed by atoms with Crippen LogP contribution in [0.2, 0.25) is 5.02 Å². The summed E-state index contributed by atoms with van der Waals surface area (Å²) in [5.74, 6) is 0. The molecule has 0 radical (unpaired) electrons. The van der Waals surface area contributed by atoms with Crippen LogP contribution in [0.1, 0.15) is 19.8 Å². The lowest BCUT2D eigenvalue weighted by atomic mass is 10.3. The lowest BCUT2D eigenvalue weighted by Gasteiger charge is -2.13. The second kappa shape index (κ2) is 8.34. The van der Waals surface area contributed by atoms with Gasteiger partial charge in [0.25, 0.3) is 0 Å². The molecule has 96 valence electrons. The highest BCUT2D eigenvalue weighted by Crippen LogP contribution is 2.13. The fourth-order valence-electron chi connectivity index (χ4n) is 1.45. The van der Waals surface area contributed by atoms with E-state index < -0.39 is 0 Å². The van der Waals surface area contributed by atoms with E-state index in [9.17, 15) is 5.11 Å². The Morgan fingerprint density at radius 3 is 2.59 bits per heavy atom. The van der Waals surface area contributed by atoms with Crippen LogP contribution in [0.15, 0.2) is 24.3 Å². The van der Waals surface area contributed by atoms with E-state index in [0.29, 0.717) is 13.1 Å². The molecule has 0 aromatic heterocycles. The summed E-state index contributed by atoms with van der Waals surface area (Å²) in [4.78, 5) is 0.